The van der Waals surface area contributed by atoms with Gasteiger partial charge in [-0.05, 0) is 18.4 Å². The number of benzene rings is 1. The highest BCUT2D eigenvalue weighted by atomic mass is 16.6. The normalized spacial score (nSPS) is 18.1. The largest absolute Gasteiger partial charge is 0.465 e. The van der Waals surface area contributed by atoms with E-state index in [1.165, 1.54) is 13.2 Å². The Hall–Kier alpha value is -2.44. The van der Waals surface area contributed by atoms with Gasteiger partial charge in [-0.2, -0.15) is 0 Å². The van der Waals surface area contributed by atoms with E-state index in [4.69, 9.17) is 0 Å². The Morgan fingerprint density at radius 3 is 2.65 bits per heavy atom. The molecular weight excluding hydrogens is 264 g/mol. The molecule has 0 atom stereocenters. The summed E-state index contributed by atoms with van der Waals surface area (Å²) in [6.07, 6.45) is 2.18. The lowest BCUT2D eigenvalue weighted by Gasteiger charge is -2.35. The number of fused-ring (bicyclic) bond motifs is 2. The summed E-state index contributed by atoms with van der Waals surface area (Å²) in [5.74, 6) is -0.883. The second kappa shape index (κ2) is 4.03. The lowest BCUT2D eigenvalue weighted by Crippen LogP contribution is -2.40. The predicted molar refractivity (Wildman–Crippen MR) is 68.6 cm³/mol. The highest BCUT2D eigenvalue weighted by molar-refractivity contribution is 6.12. The molecule has 1 aliphatic heterocycles. The number of amides is 1. The molecule has 0 unspecified atom stereocenters. The fourth-order valence-corrected chi connectivity index (χ4v) is 2.90. The number of non-ortho nitro benzene ring substituents is 1. The van der Waals surface area contributed by atoms with Gasteiger partial charge >= 0.3 is 5.97 Å². The molecule has 2 aliphatic rings. The Labute approximate surface area is 114 Å². The molecule has 0 aromatic heterocycles. The van der Waals surface area contributed by atoms with Crippen LogP contribution in [0.5, 0.6) is 0 Å². The van der Waals surface area contributed by atoms with Crippen LogP contribution in [0.15, 0.2) is 12.1 Å². The van der Waals surface area contributed by atoms with Crippen LogP contribution in [0, 0.1) is 10.1 Å². The number of ether oxygens (including phenoxy) is 1. The quantitative estimate of drug-likeness (QED) is 0.504. The minimum Gasteiger partial charge on any atom is -0.465 e. The van der Waals surface area contributed by atoms with E-state index in [9.17, 15) is 19.7 Å². The minimum absolute atomic E-state index is 0.0359. The highest BCUT2D eigenvalue weighted by Crippen LogP contribution is 2.52. The van der Waals surface area contributed by atoms with Crippen LogP contribution in [0.2, 0.25) is 0 Å². The van der Waals surface area contributed by atoms with Crippen LogP contribution in [0.25, 0.3) is 0 Å². The molecule has 0 bridgehead atoms. The molecule has 104 valence electrons. The van der Waals surface area contributed by atoms with E-state index >= 15 is 0 Å². The summed E-state index contributed by atoms with van der Waals surface area (Å²) >= 11 is 0. The Balaban J connectivity index is 2.24. The van der Waals surface area contributed by atoms with E-state index in [0.29, 0.717) is 24.1 Å². The van der Waals surface area contributed by atoms with E-state index < -0.39 is 16.3 Å². The van der Waals surface area contributed by atoms with Crippen LogP contribution < -0.4 is 5.32 Å². The molecule has 0 radical (unpaired) electrons. The highest BCUT2D eigenvalue weighted by Gasteiger charge is 2.52. The number of nitrogens with one attached hydrogen (secondary N) is 1. The van der Waals surface area contributed by atoms with Gasteiger partial charge < -0.3 is 10.1 Å². The first-order valence-corrected chi connectivity index (χ1v) is 6.22. The van der Waals surface area contributed by atoms with Gasteiger partial charge in [0, 0.05) is 12.1 Å². The number of rotatable bonds is 2. The summed E-state index contributed by atoms with van der Waals surface area (Å²) in [4.78, 5) is 34.4. The van der Waals surface area contributed by atoms with Gasteiger partial charge in [0.2, 0.25) is 5.91 Å². The molecule has 1 aromatic rings. The van der Waals surface area contributed by atoms with Crippen molar-refractivity contribution in [2.45, 2.75) is 24.7 Å². The first-order chi connectivity index (χ1) is 9.49. The lowest BCUT2D eigenvalue weighted by molar-refractivity contribution is -0.385. The zero-order valence-electron chi connectivity index (χ0n) is 10.8. The van der Waals surface area contributed by atoms with Gasteiger partial charge in [0.15, 0.2) is 0 Å². The Bertz CT molecular complexity index is 648. The maximum Gasteiger partial charge on any atom is 0.340 e. The van der Waals surface area contributed by atoms with Crippen molar-refractivity contribution in [3.8, 4) is 0 Å². The van der Waals surface area contributed by atoms with E-state index in [2.05, 4.69) is 10.1 Å². The molecular formula is C13H12N2O5. The molecule has 1 N–H and O–H groups in total. The van der Waals surface area contributed by atoms with Crippen molar-refractivity contribution in [3.05, 3.63) is 33.4 Å². The van der Waals surface area contributed by atoms with Crippen molar-refractivity contribution in [1.29, 1.82) is 0 Å². The Kier molecular flexibility index (Phi) is 2.53. The van der Waals surface area contributed by atoms with Crippen LogP contribution in [0.1, 0.15) is 35.2 Å². The van der Waals surface area contributed by atoms with Gasteiger partial charge in [-0.15, -0.1) is 0 Å². The molecule has 1 aliphatic carbocycles. The van der Waals surface area contributed by atoms with Gasteiger partial charge in [0.25, 0.3) is 5.69 Å². The zero-order chi connectivity index (χ0) is 14.5. The van der Waals surface area contributed by atoms with E-state index in [1.54, 1.807) is 0 Å². The SMILES string of the molecule is COC(=O)c1cc([N+](=O)[O-])cc2c1NC(=O)C21CCC1. The first-order valence-electron chi connectivity index (χ1n) is 6.22. The predicted octanol–water partition coefficient (Wildman–Crippen LogP) is 1.76. The molecule has 20 heavy (non-hydrogen) atoms. The van der Waals surface area contributed by atoms with Crippen molar-refractivity contribution in [1.82, 2.24) is 0 Å². The molecule has 1 heterocycles. The summed E-state index contributed by atoms with van der Waals surface area (Å²) in [7, 11) is 1.20. The summed E-state index contributed by atoms with van der Waals surface area (Å²) in [6, 6.07) is 2.53. The third kappa shape index (κ3) is 1.46. The smallest absolute Gasteiger partial charge is 0.340 e. The third-order valence-electron chi connectivity index (χ3n) is 4.14. The summed E-state index contributed by atoms with van der Waals surface area (Å²) < 4.78 is 4.64. The van der Waals surface area contributed by atoms with Crippen molar-refractivity contribution < 1.29 is 19.2 Å². The van der Waals surface area contributed by atoms with Gasteiger partial charge in [-0.3, -0.25) is 14.9 Å². The number of hydrogen-bond acceptors (Lipinski definition) is 5. The van der Waals surface area contributed by atoms with Gasteiger partial charge in [0.1, 0.15) is 0 Å². The second-order valence-corrected chi connectivity index (χ2v) is 5.05. The Morgan fingerprint density at radius 1 is 1.45 bits per heavy atom. The topological polar surface area (TPSA) is 98.5 Å². The summed E-state index contributed by atoms with van der Waals surface area (Å²) in [5.41, 5.74) is 0.0284. The number of methoxy groups -OCH3 is 1. The van der Waals surface area contributed by atoms with Gasteiger partial charge in [-0.25, -0.2) is 4.79 Å². The number of anilines is 1. The number of nitro benzene ring substituents is 1. The zero-order valence-corrected chi connectivity index (χ0v) is 10.8. The number of nitrogens with zero attached hydrogens (tertiary/aromatic N) is 1. The van der Waals surface area contributed by atoms with Gasteiger partial charge in [-0.1, -0.05) is 6.42 Å². The van der Waals surface area contributed by atoms with Crippen LogP contribution in [-0.4, -0.2) is 23.9 Å². The van der Waals surface area contributed by atoms with Crippen molar-refractivity contribution >= 4 is 23.3 Å². The fraction of sp³-hybridized carbons (Fsp3) is 0.385. The summed E-state index contributed by atoms with van der Waals surface area (Å²) in [5, 5.41) is 13.7. The molecule has 3 rings (SSSR count). The minimum atomic E-state index is -0.704. The molecule has 1 aromatic carbocycles. The number of nitro groups is 1. The average molecular weight is 276 g/mol. The van der Waals surface area contributed by atoms with Gasteiger partial charge in [0.05, 0.1) is 28.7 Å². The number of hydrogen-bond donors (Lipinski definition) is 1. The first kappa shape index (κ1) is 12.6. The lowest BCUT2D eigenvalue weighted by atomic mass is 9.65. The molecule has 0 saturated heterocycles. The van der Waals surface area contributed by atoms with Crippen molar-refractivity contribution in [3.63, 3.8) is 0 Å². The average Bonchev–Trinajstić information content (AvgIpc) is 2.68. The van der Waals surface area contributed by atoms with E-state index in [-0.39, 0.29) is 17.2 Å². The molecule has 1 spiro atoms. The maximum atomic E-state index is 12.1. The van der Waals surface area contributed by atoms with Crippen LogP contribution >= 0.6 is 0 Å². The van der Waals surface area contributed by atoms with Crippen molar-refractivity contribution in [2.75, 3.05) is 12.4 Å². The number of carbonyl (C=O) groups is 2. The number of esters is 1. The standard InChI is InChI=1S/C13H12N2O5/c1-20-11(16)8-5-7(15(18)19)6-9-10(8)14-12(17)13(9)3-2-4-13/h5-6H,2-4H2,1H3,(H,14,17). The van der Waals surface area contributed by atoms with Crippen LogP contribution in [-0.2, 0) is 14.9 Å². The molecule has 1 amide bonds. The van der Waals surface area contributed by atoms with Crippen molar-refractivity contribution in [2.24, 2.45) is 0 Å². The molecule has 7 nitrogen and oxygen atoms in total. The second-order valence-electron chi connectivity index (χ2n) is 5.05. The summed E-state index contributed by atoms with van der Waals surface area (Å²) in [6.45, 7) is 0. The molecule has 1 fully saturated rings. The van der Waals surface area contributed by atoms with E-state index in [1.807, 2.05) is 0 Å². The molecule has 7 heteroatoms. The van der Waals surface area contributed by atoms with Crippen LogP contribution in [0.4, 0.5) is 11.4 Å². The monoisotopic (exact) mass is 276 g/mol. The van der Waals surface area contributed by atoms with E-state index in [0.717, 1.165) is 12.5 Å². The third-order valence-corrected chi connectivity index (χ3v) is 4.14. The maximum absolute atomic E-state index is 12.1. The number of carbonyl (C=O) groups excluding carboxylic acids is 2. The molecule has 1 saturated carbocycles. The van der Waals surface area contributed by atoms with Crippen LogP contribution in [0.3, 0.4) is 0 Å². The Morgan fingerprint density at radius 2 is 2.15 bits per heavy atom. The fourth-order valence-electron chi connectivity index (χ4n) is 2.90.